The molecular formula is C9H6FN3O3. The summed E-state index contributed by atoms with van der Waals surface area (Å²) in [5.41, 5.74) is 5.44. The molecule has 0 spiro atoms. The Hall–Kier alpha value is -2.44. The minimum absolute atomic E-state index is 0.0573. The lowest BCUT2D eigenvalue weighted by molar-refractivity contribution is -0.385. The Labute approximate surface area is 88.6 Å². The number of aromatic nitrogens is 1. The highest BCUT2D eigenvalue weighted by Gasteiger charge is 2.13. The van der Waals surface area contributed by atoms with Crippen LogP contribution >= 0.6 is 0 Å². The van der Waals surface area contributed by atoms with Crippen LogP contribution in [0.2, 0.25) is 0 Å². The molecule has 0 amide bonds. The number of hydrogen-bond donors (Lipinski definition) is 1. The summed E-state index contributed by atoms with van der Waals surface area (Å²) in [6.07, 6.45) is 0. The number of nitrogens with two attached hydrogens (primary N) is 1. The van der Waals surface area contributed by atoms with E-state index in [0.717, 1.165) is 12.1 Å². The van der Waals surface area contributed by atoms with Gasteiger partial charge in [-0.2, -0.15) is 0 Å². The third-order valence-electron chi connectivity index (χ3n) is 1.92. The number of rotatable bonds is 2. The molecule has 0 saturated heterocycles. The first-order chi connectivity index (χ1) is 7.56. The van der Waals surface area contributed by atoms with Crippen LogP contribution in [0.1, 0.15) is 0 Å². The number of hydrogen-bond acceptors (Lipinski definition) is 5. The smallest absolute Gasteiger partial charge is 0.273 e. The van der Waals surface area contributed by atoms with Crippen LogP contribution in [-0.2, 0) is 0 Å². The summed E-state index contributed by atoms with van der Waals surface area (Å²) in [4.78, 5) is 9.83. The summed E-state index contributed by atoms with van der Waals surface area (Å²) in [6, 6.07) is 4.50. The molecule has 1 aromatic heterocycles. The summed E-state index contributed by atoms with van der Waals surface area (Å²) >= 11 is 0. The number of anilines is 1. The van der Waals surface area contributed by atoms with Crippen LogP contribution in [-0.4, -0.2) is 10.1 Å². The summed E-state index contributed by atoms with van der Waals surface area (Å²) in [5.74, 6) is -0.660. The standard InChI is InChI=1S/C9H6FN3O3/c10-6-1-5(2-7(3-6)13(14)15)8-4-9(11)16-12-8/h1-4H,11H2. The van der Waals surface area contributed by atoms with Crippen molar-refractivity contribution in [2.24, 2.45) is 0 Å². The maximum absolute atomic E-state index is 13.1. The van der Waals surface area contributed by atoms with Gasteiger partial charge in [-0.3, -0.25) is 10.1 Å². The van der Waals surface area contributed by atoms with Crippen molar-refractivity contribution in [2.75, 3.05) is 5.73 Å². The molecule has 0 unspecified atom stereocenters. The third kappa shape index (κ3) is 1.83. The summed E-state index contributed by atoms with van der Waals surface area (Å²) in [6.45, 7) is 0. The highest BCUT2D eigenvalue weighted by molar-refractivity contribution is 5.64. The number of nitro benzene ring substituents is 1. The van der Waals surface area contributed by atoms with E-state index in [0.29, 0.717) is 0 Å². The second kappa shape index (κ2) is 3.61. The first-order valence-corrected chi connectivity index (χ1v) is 4.24. The molecule has 0 radical (unpaired) electrons. The van der Waals surface area contributed by atoms with Crippen molar-refractivity contribution < 1.29 is 13.8 Å². The fourth-order valence-electron chi connectivity index (χ4n) is 1.25. The van der Waals surface area contributed by atoms with E-state index < -0.39 is 10.7 Å². The van der Waals surface area contributed by atoms with Gasteiger partial charge in [0.1, 0.15) is 11.5 Å². The predicted molar refractivity (Wildman–Crippen MR) is 53.0 cm³/mol. The van der Waals surface area contributed by atoms with Crippen LogP contribution in [0.15, 0.2) is 28.8 Å². The molecule has 7 heteroatoms. The molecule has 0 aliphatic heterocycles. The van der Waals surface area contributed by atoms with Gasteiger partial charge in [0.05, 0.1) is 11.0 Å². The van der Waals surface area contributed by atoms with E-state index in [1.807, 2.05) is 0 Å². The zero-order valence-electron chi connectivity index (χ0n) is 7.88. The molecule has 0 bridgehead atoms. The Morgan fingerprint density at radius 1 is 1.38 bits per heavy atom. The van der Waals surface area contributed by atoms with Crippen LogP contribution in [0.25, 0.3) is 11.3 Å². The van der Waals surface area contributed by atoms with Crippen LogP contribution in [0, 0.1) is 15.9 Å². The third-order valence-corrected chi connectivity index (χ3v) is 1.92. The van der Waals surface area contributed by atoms with Crippen molar-refractivity contribution in [3.63, 3.8) is 0 Å². The van der Waals surface area contributed by atoms with Crippen LogP contribution in [0.5, 0.6) is 0 Å². The number of non-ortho nitro benzene ring substituents is 1. The Morgan fingerprint density at radius 2 is 2.12 bits per heavy atom. The van der Waals surface area contributed by atoms with E-state index in [9.17, 15) is 14.5 Å². The summed E-state index contributed by atoms with van der Waals surface area (Å²) in [7, 11) is 0. The van der Waals surface area contributed by atoms with Crippen LogP contribution < -0.4 is 5.73 Å². The van der Waals surface area contributed by atoms with Gasteiger partial charge in [0.2, 0.25) is 5.88 Å². The van der Waals surface area contributed by atoms with Crippen molar-refractivity contribution in [1.29, 1.82) is 0 Å². The predicted octanol–water partition coefficient (Wildman–Crippen LogP) is 1.97. The lowest BCUT2D eigenvalue weighted by Gasteiger charge is -1.96. The normalized spacial score (nSPS) is 10.3. The first-order valence-electron chi connectivity index (χ1n) is 4.24. The Balaban J connectivity index is 2.53. The van der Waals surface area contributed by atoms with E-state index >= 15 is 0 Å². The molecule has 2 N–H and O–H groups in total. The fraction of sp³-hybridized carbons (Fsp3) is 0. The molecule has 1 heterocycles. The van der Waals surface area contributed by atoms with Crippen molar-refractivity contribution >= 4 is 11.6 Å². The zero-order chi connectivity index (χ0) is 11.7. The van der Waals surface area contributed by atoms with Gasteiger partial charge >= 0.3 is 0 Å². The quantitative estimate of drug-likeness (QED) is 0.620. The summed E-state index contributed by atoms with van der Waals surface area (Å²) in [5, 5.41) is 14.1. The van der Waals surface area contributed by atoms with E-state index in [1.165, 1.54) is 12.1 Å². The molecule has 2 aromatic rings. The number of nitrogens with zero attached hydrogens (tertiary/aromatic N) is 2. The zero-order valence-corrected chi connectivity index (χ0v) is 7.88. The van der Waals surface area contributed by atoms with Gasteiger partial charge < -0.3 is 10.3 Å². The van der Waals surface area contributed by atoms with Crippen molar-refractivity contribution in [3.05, 3.63) is 40.2 Å². The van der Waals surface area contributed by atoms with E-state index in [1.54, 1.807) is 0 Å². The number of nitro groups is 1. The minimum atomic E-state index is -0.717. The highest BCUT2D eigenvalue weighted by atomic mass is 19.1. The van der Waals surface area contributed by atoms with Gasteiger partial charge in [-0.25, -0.2) is 4.39 Å². The lowest BCUT2D eigenvalue weighted by atomic mass is 10.1. The second-order valence-corrected chi connectivity index (χ2v) is 3.07. The van der Waals surface area contributed by atoms with Gasteiger partial charge in [-0.1, -0.05) is 5.16 Å². The van der Waals surface area contributed by atoms with Gasteiger partial charge in [-0.15, -0.1) is 0 Å². The number of halogens is 1. The molecule has 0 fully saturated rings. The largest absolute Gasteiger partial charge is 0.368 e. The van der Waals surface area contributed by atoms with Gasteiger partial charge in [-0.05, 0) is 6.07 Å². The molecule has 0 atom stereocenters. The number of benzene rings is 1. The molecule has 16 heavy (non-hydrogen) atoms. The second-order valence-electron chi connectivity index (χ2n) is 3.07. The lowest BCUT2D eigenvalue weighted by Crippen LogP contribution is -1.90. The molecule has 1 aromatic carbocycles. The monoisotopic (exact) mass is 223 g/mol. The molecule has 82 valence electrons. The SMILES string of the molecule is Nc1cc(-c2cc(F)cc([N+](=O)[O-])c2)no1. The molecule has 0 saturated carbocycles. The molecule has 2 rings (SSSR count). The van der Waals surface area contributed by atoms with E-state index in [4.69, 9.17) is 5.73 Å². The minimum Gasteiger partial charge on any atom is -0.368 e. The molecule has 6 nitrogen and oxygen atoms in total. The average molecular weight is 223 g/mol. The maximum Gasteiger partial charge on any atom is 0.273 e. The van der Waals surface area contributed by atoms with Gasteiger partial charge in [0.25, 0.3) is 5.69 Å². The molecule has 0 aliphatic carbocycles. The topological polar surface area (TPSA) is 95.2 Å². The highest BCUT2D eigenvalue weighted by Crippen LogP contribution is 2.25. The average Bonchev–Trinajstić information content (AvgIpc) is 2.64. The Kier molecular flexibility index (Phi) is 2.28. The van der Waals surface area contributed by atoms with Gasteiger partial charge in [0.15, 0.2) is 0 Å². The van der Waals surface area contributed by atoms with Crippen LogP contribution in [0.4, 0.5) is 16.0 Å². The van der Waals surface area contributed by atoms with Crippen molar-refractivity contribution in [1.82, 2.24) is 5.16 Å². The van der Waals surface area contributed by atoms with Gasteiger partial charge in [0, 0.05) is 17.7 Å². The van der Waals surface area contributed by atoms with Crippen molar-refractivity contribution in [2.45, 2.75) is 0 Å². The van der Waals surface area contributed by atoms with E-state index in [2.05, 4.69) is 9.68 Å². The molecular weight excluding hydrogens is 217 g/mol. The van der Waals surface area contributed by atoms with E-state index in [-0.39, 0.29) is 22.8 Å². The first kappa shape index (κ1) is 10.1. The number of nitrogen functional groups attached to an aromatic ring is 1. The molecule has 0 aliphatic rings. The van der Waals surface area contributed by atoms with Crippen molar-refractivity contribution in [3.8, 4) is 11.3 Å². The Bertz CT molecular complexity index is 553. The fourth-order valence-corrected chi connectivity index (χ4v) is 1.25. The van der Waals surface area contributed by atoms with Crippen LogP contribution in [0.3, 0.4) is 0 Å². The summed E-state index contributed by atoms with van der Waals surface area (Å²) < 4.78 is 17.7. The Morgan fingerprint density at radius 3 is 2.69 bits per heavy atom. The maximum atomic E-state index is 13.1.